The van der Waals surface area contributed by atoms with Gasteiger partial charge in [-0.05, 0) is 52.8 Å². The summed E-state index contributed by atoms with van der Waals surface area (Å²) in [6.07, 6.45) is 0.933. The molecule has 22 heavy (non-hydrogen) atoms. The van der Waals surface area contributed by atoms with E-state index in [1.54, 1.807) is 18.2 Å². The number of benzene rings is 1. The predicted octanol–water partition coefficient (Wildman–Crippen LogP) is 2.58. The molecule has 1 aliphatic heterocycles. The SMILES string of the molecule is CCCOc1ccc(C(=O)NC(=S)N2CCOCC2)cc1Br. The van der Waals surface area contributed by atoms with Gasteiger partial charge in [0.2, 0.25) is 0 Å². The quantitative estimate of drug-likeness (QED) is 0.805. The van der Waals surface area contributed by atoms with E-state index in [1.165, 1.54) is 0 Å². The normalized spacial score (nSPS) is 14.5. The fraction of sp³-hybridized carbons (Fsp3) is 0.467. The maximum atomic E-state index is 12.3. The second-order valence-electron chi connectivity index (χ2n) is 4.85. The van der Waals surface area contributed by atoms with Gasteiger partial charge in [0.15, 0.2) is 5.11 Å². The van der Waals surface area contributed by atoms with Crippen LogP contribution in [0.3, 0.4) is 0 Å². The molecular weight excluding hydrogens is 368 g/mol. The average Bonchev–Trinajstić information content (AvgIpc) is 2.54. The molecule has 1 fully saturated rings. The van der Waals surface area contributed by atoms with Crippen molar-refractivity contribution in [2.45, 2.75) is 13.3 Å². The molecule has 1 heterocycles. The largest absolute Gasteiger partial charge is 0.492 e. The molecule has 5 nitrogen and oxygen atoms in total. The number of morpholine rings is 1. The Morgan fingerprint density at radius 3 is 2.82 bits per heavy atom. The minimum Gasteiger partial charge on any atom is -0.492 e. The minimum absolute atomic E-state index is 0.223. The lowest BCUT2D eigenvalue weighted by atomic mass is 10.2. The Morgan fingerprint density at radius 1 is 1.45 bits per heavy atom. The Hall–Kier alpha value is -1.18. The summed E-state index contributed by atoms with van der Waals surface area (Å²) in [6.45, 7) is 5.35. The lowest BCUT2D eigenvalue weighted by Crippen LogP contribution is -2.47. The van der Waals surface area contributed by atoms with Crippen molar-refractivity contribution in [2.24, 2.45) is 0 Å². The molecule has 0 atom stereocenters. The summed E-state index contributed by atoms with van der Waals surface area (Å²) in [5.74, 6) is 0.508. The number of ether oxygens (including phenoxy) is 2. The third kappa shape index (κ3) is 4.66. The van der Waals surface area contributed by atoms with Crippen LogP contribution < -0.4 is 10.1 Å². The number of thiocarbonyl (C=S) groups is 1. The monoisotopic (exact) mass is 386 g/mol. The lowest BCUT2D eigenvalue weighted by molar-refractivity contribution is 0.0669. The van der Waals surface area contributed by atoms with Gasteiger partial charge in [-0.25, -0.2) is 0 Å². The van der Waals surface area contributed by atoms with Crippen molar-refractivity contribution in [1.82, 2.24) is 10.2 Å². The highest BCUT2D eigenvalue weighted by molar-refractivity contribution is 9.10. The van der Waals surface area contributed by atoms with Crippen LogP contribution in [-0.4, -0.2) is 48.8 Å². The number of hydrogen-bond donors (Lipinski definition) is 1. The van der Waals surface area contributed by atoms with Gasteiger partial charge in [-0.3, -0.25) is 10.1 Å². The first-order chi connectivity index (χ1) is 10.6. The van der Waals surface area contributed by atoms with Gasteiger partial charge in [0.1, 0.15) is 5.75 Å². The standard InChI is InChI=1S/C15H19BrN2O3S/c1-2-7-21-13-4-3-11(10-12(13)16)14(19)17-15(22)18-5-8-20-9-6-18/h3-4,10H,2,5-9H2,1H3,(H,17,19,22). The Bertz CT molecular complexity index is 548. The third-order valence-corrected chi connectivity index (χ3v) is 4.15. The van der Waals surface area contributed by atoms with Crippen LogP contribution in [0.15, 0.2) is 22.7 Å². The van der Waals surface area contributed by atoms with Gasteiger partial charge in [-0.2, -0.15) is 0 Å². The number of hydrogen-bond acceptors (Lipinski definition) is 4. The zero-order chi connectivity index (χ0) is 15.9. The average molecular weight is 387 g/mol. The summed E-state index contributed by atoms with van der Waals surface area (Å²) >= 11 is 8.69. The molecule has 120 valence electrons. The highest BCUT2D eigenvalue weighted by atomic mass is 79.9. The number of amides is 1. The van der Waals surface area contributed by atoms with Gasteiger partial charge in [0.25, 0.3) is 5.91 Å². The fourth-order valence-electron chi connectivity index (χ4n) is 1.99. The van der Waals surface area contributed by atoms with Gasteiger partial charge < -0.3 is 14.4 Å². The predicted molar refractivity (Wildman–Crippen MR) is 92.4 cm³/mol. The van der Waals surface area contributed by atoms with E-state index in [0.717, 1.165) is 16.6 Å². The van der Waals surface area contributed by atoms with Crippen molar-refractivity contribution in [3.05, 3.63) is 28.2 Å². The molecule has 7 heteroatoms. The molecule has 1 aromatic rings. The first-order valence-electron chi connectivity index (χ1n) is 7.22. The Labute approximate surface area is 144 Å². The molecule has 0 aliphatic carbocycles. The Balaban J connectivity index is 1.97. The third-order valence-electron chi connectivity index (χ3n) is 3.17. The maximum Gasteiger partial charge on any atom is 0.257 e. The van der Waals surface area contributed by atoms with Gasteiger partial charge in [0, 0.05) is 18.7 Å². The van der Waals surface area contributed by atoms with Crippen molar-refractivity contribution in [2.75, 3.05) is 32.9 Å². The first kappa shape index (κ1) is 17.2. The minimum atomic E-state index is -0.223. The van der Waals surface area contributed by atoms with Gasteiger partial charge >= 0.3 is 0 Å². The molecule has 1 amide bonds. The van der Waals surface area contributed by atoms with Crippen molar-refractivity contribution in [1.29, 1.82) is 0 Å². The van der Waals surface area contributed by atoms with E-state index in [9.17, 15) is 4.79 Å². The molecule has 1 aromatic carbocycles. The van der Waals surface area contributed by atoms with Crippen LogP contribution in [-0.2, 0) is 4.74 Å². The van der Waals surface area contributed by atoms with Crippen LogP contribution in [0.25, 0.3) is 0 Å². The number of halogens is 1. The number of rotatable bonds is 4. The van der Waals surface area contributed by atoms with E-state index in [0.29, 0.717) is 43.6 Å². The molecule has 1 N–H and O–H groups in total. The van der Waals surface area contributed by atoms with E-state index in [4.69, 9.17) is 21.7 Å². The molecule has 1 aliphatic rings. The van der Waals surface area contributed by atoms with E-state index in [-0.39, 0.29) is 5.91 Å². The fourth-order valence-corrected chi connectivity index (χ4v) is 2.75. The van der Waals surface area contributed by atoms with Gasteiger partial charge in [-0.15, -0.1) is 0 Å². The molecule has 0 aromatic heterocycles. The van der Waals surface area contributed by atoms with Crippen LogP contribution >= 0.6 is 28.1 Å². The molecule has 0 spiro atoms. The number of nitrogens with one attached hydrogen (secondary N) is 1. The Kier molecular flexibility index (Phi) is 6.60. The number of carbonyl (C=O) groups is 1. The van der Waals surface area contributed by atoms with Gasteiger partial charge in [-0.1, -0.05) is 6.92 Å². The van der Waals surface area contributed by atoms with Crippen molar-refractivity contribution in [3.63, 3.8) is 0 Å². The van der Waals surface area contributed by atoms with Crippen molar-refractivity contribution < 1.29 is 14.3 Å². The molecule has 0 radical (unpaired) electrons. The maximum absolute atomic E-state index is 12.3. The van der Waals surface area contributed by atoms with Crippen LogP contribution in [0.4, 0.5) is 0 Å². The number of nitrogens with zero attached hydrogens (tertiary/aromatic N) is 1. The van der Waals surface area contributed by atoms with E-state index < -0.39 is 0 Å². The molecule has 1 saturated heterocycles. The summed E-state index contributed by atoms with van der Waals surface area (Å²) in [5.41, 5.74) is 0.534. The van der Waals surface area contributed by atoms with Crippen LogP contribution in [0.5, 0.6) is 5.75 Å². The topological polar surface area (TPSA) is 50.8 Å². The zero-order valence-electron chi connectivity index (χ0n) is 12.4. The number of carbonyl (C=O) groups excluding carboxylic acids is 1. The van der Waals surface area contributed by atoms with Crippen LogP contribution in [0.2, 0.25) is 0 Å². The van der Waals surface area contributed by atoms with Crippen molar-refractivity contribution in [3.8, 4) is 5.75 Å². The molecule has 2 rings (SSSR count). The van der Waals surface area contributed by atoms with E-state index in [2.05, 4.69) is 21.2 Å². The zero-order valence-corrected chi connectivity index (χ0v) is 14.8. The summed E-state index contributed by atoms with van der Waals surface area (Å²) in [4.78, 5) is 14.2. The smallest absolute Gasteiger partial charge is 0.257 e. The highest BCUT2D eigenvalue weighted by Crippen LogP contribution is 2.26. The molecule has 0 bridgehead atoms. The van der Waals surface area contributed by atoms with E-state index >= 15 is 0 Å². The van der Waals surface area contributed by atoms with Crippen LogP contribution in [0, 0.1) is 0 Å². The summed E-state index contributed by atoms with van der Waals surface area (Å²) in [7, 11) is 0. The summed E-state index contributed by atoms with van der Waals surface area (Å²) in [5, 5.41) is 3.20. The summed E-state index contributed by atoms with van der Waals surface area (Å²) < 4.78 is 11.6. The highest BCUT2D eigenvalue weighted by Gasteiger charge is 2.17. The second-order valence-corrected chi connectivity index (χ2v) is 6.09. The molecule has 0 saturated carbocycles. The van der Waals surface area contributed by atoms with Gasteiger partial charge in [0.05, 0.1) is 24.3 Å². The molecular formula is C15H19BrN2O3S. The first-order valence-corrected chi connectivity index (χ1v) is 8.42. The van der Waals surface area contributed by atoms with E-state index in [1.807, 2.05) is 11.8 Å². The molecule has 0 unspecified atom stereocenters. The second kappa shape index (κ2) is 8.45. The lowest BCUT2D eigenvalue weighted by Gasteiger charge is -2.28. The van der Waals surface area contributed by atoms with Crippen LogP contribution in [0.1, 0.15) is 23.7 Å². The van der Waals surface area contributed by atoms with Crippen molar-refractivity contribution >= 4 is 39.2 Å². The Morgan fingerprint density at radius 2 is 2.18 bits per heavy atom. The summed E-state index contributed by atoms with van der Waals surface area (Å²) in [6, 6.07) is 5.25.